The van der Waals surface area contributed by atoms with Gasteiger partial charge in [0.1, 0.15) is 0 Å². The van der Waals surface area contributed by atoms with Crippen molar-refractivity contribution in [2.75, 3.05) is 31.1 Å². The normalized spacial score (nSPS) is 15.7. The van der Waals surface area contributed by atoms with E-state index in [0.29, 0.717) is 25.6 Å². The average Bonchev–Trinajstić information content (AvgIpc) is 3.33. The molecule has 3 heterocycles. The molecule has 0 saturated heterocycles. The predicted octanol–water partition coefficient (Wildman–Crippen LogP) is 4.56. The number of carbonyl (C=O) groups is 2. The van der Waals surface area contributed by atoms with Crippen molar-refractivity contribution in [3.63, 3.8) is 0 Å². The maximum atomic E-state index is 13.6. The van der Waals surface area contributed by atoms with Gasteiger partial charge < -0.3 is 14.3 Å². The minimum atomic E-state index is -0.181. The molecule has 3 aromatic rings. The minimum absolute atomic E-state index is 0.00720. The molecule has 0 saturated carbocycles. The highest BCUT2D eigenvalue weighted by atomic mass is 16.5. The van der Waals surface area contributed by atoms with Gasteiger partial charge in [-0.3, -0.25) is 19.5 Å². The average molecular weight is 504 g/mol. The Kier molecular flexibility index (Phi) is 9.06. The van der Waals surface area contributed by atoms with E-state index in [-0.39, 0.29) is 17.6 Å². The molecule has 0 N–H and O–H groups in total. The number of pyridine rings is 1. The molecule has 1 aliphatic heterocycles. The minimum Gasteiger partial charge on any atom is -0.351 e. The Hall–Kier alpha value is -3.52. The molecule has 37 heavy (non-hydrogen) atoms. The van der Waals surface area contributed by atoms with Crippen molar-refractivity contribution >= 4 is 17.5 Å². The number of amides is 2. The molecular formula is C29H37N5O3. The smallest absolute Gasteiger partial charge is 0.292 e. The lowest BCUT2D eigenvalue weighted by molar-refractivity contribution is -0.116. The third kappa shape index (κ3) is 7.26. The van der Waals surface area contributed by atoms with E-state index in [9.17, 15) is 9.59 Å². The SMILES string of the molecule is CC(=O)N1CCCN(Cc2ccccn2)CCCN(C(=O)c2cc(CC(C)C)no2)Cc2ccccc21. The molecule has 0 fully saturated rings. The molecule has 0 aliphatic carbocycles. The first-order valence-electron chi connectivity index (χ1n) is 13.1. The fourth-order valence-corrected chi connectivity index (χ4v) is 4.82. The second-order valence-corrected chi connectivity index (χ2v) is 10.1. The first-order valence-corrected chi connectivity index (χ1v) is 13.1. The summed E-state index contributed by atoms with van der Waals surface area (Å²) < 4.78 is 5.48. The highest BCUT2D eigenvalue weighted by Crippen LogP contribution is 2.25. The summed E-state index contributed by atoms with van der Waals surface area (Å²) in [5.74, 6) is 0.491. The van der Waals surface area contributed by atoms with Gasteiger partial charge >= 0.3 is 0 Å². The molecule has 196 valence electrons. The number of hydrogen-bond acceptors (Lipinski definition) is 6. The molecule has 0 radical (unpaired) electrons. The first kappa shape index (κ1) is 26.5. The largest absolute Gasteiger partial charge is 0.351 e. The van der Waals surface area contributed by atoms with Gasteiger partial charge in [-0.1, -0.05) is 43.3 Å². The molecule has 4 rings (SSSR count). The van der Waals surface area contributed by atoms with E-state index in [1.165, 1.54) is 0 Å². The molecule has 8 heteroatoms. The molecule has 2 aromatic heterocycles. The fraction of sp³-hybridized carbons (Fsp3) is 0.448. The lowest BCUT2D eigenvalue weighted by Gasteiger charge is -2.31. The van der Waals surface area contributed by atoms with Gasteiger partial charge in [-0.2, -0.15) is 0 Å². The lowest BCUT2D eigenvalue weighted by atomic mass is 10.1. The van der Waals surface area contributed by atoms with E-state index in [2.05, 4.69) is 28.9 Å². The van der Waals surface area contributed by atoms with E-state index in [1.807, 2.05) is 58.5 Å². The van der Waals surface area contributed by atoms with E-state index >= 15 is 0 Å². The standard InChI is InChI=1S/C29H37N5O3/c1-22(2)18-26-19-28(37-31-26)29(36)33-16-8-14-32(21-25-11-6-7-13-30-25)15-9-17-34(23(3)35)27-12-5-4-10-24(27)20-33/h4-7,10-13,19,22H,8-9,14-18,20-21H2,1-3H3. The molecule has 0 spiro atoms. The van der Waals surface area contributed by atoms with Crippen molar-refractivity contribution < 1.29 is 14.1 Å². The van der Waals surface area contributed by atoms with Gasteiger partial charge in [0, 0.05) is 64.1 Å². The van der Waals surface area contributed by atoms with Crippen LogP contribution in [-0.4, -0.2) is 57.9 Å². The Balaban J connectivity index is 1.61. The zero-order valence-corrected chi connectivity index (χ0v) is 22.1. The quantitative estimate of drug-likeness (QED) is 0.508. The van der Waals surface area contributed by atoms with Crippen LogP contribution in [0.5, 0.6) is 0 Å². The molecule has 0 unspecified atom stereocenters. The van der Waals surface area contributed by atoms with E-state index in [1.54, 1.807) is 13.0 Å². The van der Waals surface area contributed by atoms with E-state index in [4.69, 9.17) is 4.52 Å². The fourth-order valence-electron chi connectivity index (χ4n) is 4.82. The predicted molar refractivity (Wildman–Crippen MR) is 143 cm³/mol. The number of carbonyl (C=O) groups excluding carboxylic acids is 2. The maximum absolute atomic E-state index is 13.6. The first-order chi connectivity index (χ1) is 17.9. The highest BCUT2D eigenvalue weighted by Gasteiger charge is 2.24. The van der Waals surface area contributed by atoms with Crippen LogP contribution in [0.25, 0.3) is 0 Å². The van der Waals surface area contributed by atoms with Crippen LogP contribution in [0.1, 0.15) is 61.1 Å². The van der Waals surface area contributed by atoms with Crippen LogP contribution in [0.3, 0.4) is 0 Å². The molecular weight excluding hydrogens is 466 g/mol. The van der Waals surface area contributed by atoms with Crippen LogP contribution in [0, 0.1) is 5.92 Å². The summed E-state index contributed by atoms with van der Waals surface area (Å²) in [4.78, 5) is 36.8. The summed E-state index contributed by atoms with van der Waals surface area (Å²) in [6.45, 7) is 9.76. The monoisotopic (exact) mass is 503 g/mol. The Labute approximate surface area is 219 Å². The van der Waals surface area contributed by atoms with Crippen LogP contribution in [0.15, 0.2) is 59.3 Å². The number of rotatable bonds is 5. The summed E-state index contributed by atoms with van der Waals surface area (Å²) >= 11 is 0. The Morgan fingerprint density at radius 3 is 2.46 bits per heavy atom. The summed E-state index contributed by atoms with van der Waals surface area (Å²) in [5.41, 5.74) is 3.59. The second-order valence-electron chi connectivity index (χ2n) is 10.1. The third-order valence-corrected chi connectivity index (χ3v) is 6.57. The van der Waals surface area contributed by atoms with Crippen molar-refractivity contribution in [1.29, 1.82) is 0 Å². The number of benzene rings is 1. The van der Waals surface area contributed by atoms with Crippen molar-refractivity contribution in [2.45, 2.75) is 53.1 Å². The van der Waals surface area contributed by atoms with Crippen molar-refractivity contribution in [3.05, 3.63) is 77.4 Å². The van der Waals surface area contributed by atoms with Gasteiger partial charge in [-0.05, 0) is 48.9 Å². The number of fused-ring (bicyclic) bond motifs is 1. The molecule has 1 aliphatic rings. The van der Waals surface area contributed by atoms with Crippen molar-refractivity contribution in [1.82, 2.24) is 19.9 Å². The van der Waals surface area contributed by atoms with Crippen molar-refractivity contribution in [2.24, 2.45) is 5.92 Å². The molecule has 2 amide bonds. The van der Waals surface area contributed by atoms with Gasteiger partial charge in [-0.25, -0.2) is 0 Å². The molecule has 8 nitrogen and oxygen atoms in total. The summed E-state index contributed by atoms with van der Waals surface area (Å²) in [5, 5.41) is 4.12. The number of nitrogens with zero attached hydrogens (tertiary/aromatic N) is 5. The van der Waals surface area contributed by atoms with E-state index in [0.717, 1.165) is 61.5 Å². The third-order valence-electron chi connectivity index (χ3n) is 6.57. The number of para-hydroxylation sites is 1. The number of aromatic nitrogens is 2. The highest BCUT2D eigenvalue weighted by molar-refractivity contribution is 5.93. The molecule has 1 aromatic carbocycles. The van der Waals surface area contributed by atoms with Gasteiger partial charge in [0.15, 0.2) is 0 Å². The zero-order valence-electron chi connectivity index (χ0n) is 22.1. The Morgan fingerprint density at radius 1 is 0.973 bits per heavy atom. The number of hydrogen-bond donors (Lipinski definition) is 0. The van der Waals surface area contributed by atoms with Crippen LogP contribution < -0.4 is 4.90 Å². The van der Waals surface area contributed by atoms with Crippen molar-refractivity contribution in [3.8, 4) is 0 Å². The van der Waals surface area contributed by atoms with Crippen LogP contribution in [-0.2, 0) is 24.3 Å². The van der Waals surface area contributed by atoms with Gasteiger partial charge in [-0.15, -0.1) is 0 Å². The van der Waals surface area contributed by atoms with E-state index < -0.39 is 0 Å². The lowest BCUT2D eigenvalue weighted by Crippen LogP contribution is -2.38. The van der Waals surface area contributed by atoms with Gasteiger partial charge in [0.05, 0.1) is 11.4 Å². The Morgan fingerprint density at radius 2 is 1.73 bits per heavy atom. The van der Waals surface area contributed by atoms with Crippen LogP contribution in [0.2, 0.25) is 0 Å². The van der Waals surface area contributed by atoms with Crippen LogP contribution >= 0.6 is 0 Å². The van der Waals surface area contributed by atoms with Gasteiger partial charge in [0.25, 0.3) is 5.91 Å². The number of anilines is 1. The Bertz CT molecular complexity index is 1180. The van der Waals surface area contributed by atoms with Gasteiger partial charge in [0.2, 0.25) is 11.7 Å². The zero-order chi connectivity index (χ0) is 26.2. The topological polar surface area (TPSA) is 82.8 Å². The second kappa shape index (κ2) is 12.6. The molecule has 0 bridgehead atoms. The summed E-state index contributed by atoms with van der Waals surface area (Å²) in [6.07, 6.45) is 4.23. The molecule has 0 atom stereocenters. The summed E-state index contributed by atoms with van der Waals surface area (Å²) in [7, 11) is 0. The van der Waals surface area contributed by atoms with Crippen LogP contribution in [0.4, 0.5) is 5.69 Å². The maximum Gasteiger partial charge on any atom is 0.292 e. The summed E-state index contributed by atoms with van der Waals surface area (Å²) in [6, 6.07) is 15.6.